The van der Waals surface area contributed by atoms with Gasteiger partial charge in [-0.25, -0.2) is 0 Å². The summed E-state index contributed by atoms with van der Waals surface area (Å²) in [6.45, 7) is 6.22. The monoisotopic (exact) mass is 369 g/mol. The summed E-state index contributed by atoms with van der Waals surface area (Å²) in [5.74, 6) is -0.368. The van der Waals surface area contributed by atoms with Crippen molar-refractivity contribution in [2.24, 2.45) is 5.73 Å². The Hall–Kier alpha value is -1.14. The van der Waals surface area contributed by atoms with Crippen LogP contribution < -0.4 is 16.4 Å². The lowest BCUT2D eigenvalue weighted by Gasteiger charge is -2.49. The van der Waals surface area contributed by atoms with Crippen LogP contribution in [0.4, 0.5) is 0 Å². The van der Waals surface area contributed by atoms with Crippen LogP contribution in [-0.2, 0) is 16.6 Å². The molecule has 0 fully saturated rings. The standard InChI is InChI=1S/C19H31N3O2.ClH/c1-5-19(6-2)15-11-14(18(20)23)8-7-13(15)12-16(24-4)17(19)22-10-9-21-3;/h7-8,11,16-17,21-22H,5-6,9-10,12H2,1-4H3,(H2,20,23);1H/t16-,17+;/m0./s1. The Morgan fingerprint density at radius 1 is 1.32 bits per heavy atom. The highest BCUT2D eigenvalue weighted by Gasteiger charge is 2.46. The van der Waals surface area contributed by atoms with Crippen molar-refractivity contribution < 1.29 is 9.53 Å². The zero-order chi connectivity index (χ0) is 17.7. The van der Waals surface area contributed by atoms with E-state index in [9.17, 15) is 4.79 Å². The van der Waals surface area contributed by atoms with Gasteiger partial charge < -0.3 is 21.1 Å². The van der Waals surface area contributed by atoms with E-state index in [-0.39, 0.29) is 35.9 Å². The Labute approximate surface area is 157 Å². The summed E-state index contributed by atoms with van der Waals surface area (Å²) in [6.07, 6.45) is 2.93. The molecule has 0 heterocycles. The first-order valence-corrected chi connectivity index (χ1v) is 8.88. The second-order valence-corrected chi connectivity index (χ2v) is 6.61. The predicted molar refractivity (Wildman–Crippen MR) is 105 cm³/mol. The number of benzene rings is 1. The van der Waals surface area contributed by atoms with Crippen LogP contribution in [0.25, 0.3) is 0 Å². The fourth-order valence-corrected chi connectivity index (χ4v) is 4.20. The first-order chi connectivity index (χ1) is 11.5. The molecule has 1 aromatic carbocycles. The summed E-state index contributed by atoms with van der Waals surface area (Å²) in [5.41, 5.74) is 8.56. The van der Waals surface area contributed by atoms with E-state index >= 15 is 0 Å². The fourth-order valence-electron chi connectivity index (χ4n) is 4.20. The minimum Gasteiger partial charge on any atom is -0.379 e. The molecule has 0 radical (unpaired) electrons. The molecule has 0 aromatic heterocycles. The van der Waals surface area contributed by atoms with Crippen LogP contribution in [-0.4, -0.2) is 45.3 Å². The van der Waals surface area contributed by atoms with Gasteiger partial charge in [0.25, 0.3) is 0 Å². The van der Waals surface area contributed by atoms with E-state index in [1.807, 2.05) is 25.2 Å². The number of primary amides is 1. The zero-order valence-electron chi connectivity index (χ0n) is 15.7. The maximum absolute atomic E-state index is 11.7. The van der Waals surface area contributed by atoms with Gasteiger partial charge in [-0.3, -0.25) is 4.79 Å². The average Bonchev–Trinajstić information content (AvgIpc) is 2.60. The lowest BCUT2D eigenvalue weighted by atomic mass is 9.62. The van der Waals surface area contributed by atoms with Gasteiger partial charge in [-0.2, -0.15) is 0 Å². The van der Waals surface area contributed by atoms with E-state index in [1.165, 1.54) is 11.1 Å². The first-order valence-electron chi connectivity index (χ1n) is 8.88. The molecular weight excluding hydrogens is 338 g/mol. The molecule has 2 rings (SSSR count). The van der Waals surface area contributed by atoms with Gasteiger partial charge in [-0.05, 0) is 43.1 Å². The number of rotatable bonds is 8. The highest BCUT2D eigenvalue weighted by molar-refractivity contribution is 5.93. The molecule has 1 amide bonds. The van der Waals surface area contributed by atoms with Crippen molar-refractivity contribution in [3.05, 3.63) is 34.9 Å². The first kappa shape index (κ1) is 21.9. The number of halogens is 1. The van der Waals surface area contributed by atoms with Crippen molar-refractivity contribution in [3.8, 4) is 0 Å². The van der Waals surface area contributed by atoms with Gasteiger partial charge >= 0.3 is 0 Å². The van der Waals surface area contributed by atoms with Crippen molar-refractivity contribution in [2.45, 2.75) is 50.7 Å². The Morgan fingerprint density at radius 3 is 2.52 bits per heavy atom. The number of nitrogens with two attached hydrogens (primary N) is 1. The van der Waals surface area contributed by atoms with Crippen LogP contribution in [0.15, 0.2) is 18.2 Å². The van der Waals surface area contributed by atoms with E-state index in [0.29, 0.717) is 5.56 Å². The van der Waals surface area contributed by atoms with Gasteiger partial charge in [0.1, 0.15) is 0 Å². The molecule has 5 nitrogen and oxygen atoms in total. The molecule has 0 aliphatic heterocycles. The van der Waals surface area contributed by atoms with Gasteiger partial charge in [0.05, 0.1) is 6.10 Å². The number of carbonyl (C=O) groups is 1. The van der Waals surface area contributed by atoms with E-state index in [1.54, 1.807) is 7.11 Å². The highest BCUT2D eigenvalue weighted by Crippen LogP contribution is 2.44. The van der Waals surface area contributed by atoms with Crippen molar-refractivity contribution in [3.63, 3.8) is 0 Å². The quantitative estimate of drug-likeness (QED) is 0.613. The van der Waals surface area contributed by atoms with E-state index in [4.69, 9.17) is 10.5 Å². The van der Waals surface area contributed by atoms with Crippen molar-refractivity contribution in [1.82, 2.24) is 10.6 Å². The van der Waals surface area contributed by atoms with Crippen LogP contribution >= 0.6 is 12.4 Å². The fraction of sp³-hybridized carbons (Fsp3) is 0.632. The van der Waals surface area contributed by atoms with Gasteiger partial charge in [-0.15, -0.1) is 12.4 Å². The van der Waals surface area contributed by atoms with Gasteiger partial charge in [0, 0.05) is 43.6 Å². The second kappa shape index (κ2) is 9.53. The van der Waals surface area contributed by atoms with Crippen molar-refractivity contribution >= 4 is 18.3 Å². The van der Waals surface area contributed by atoms with E-state index in [2.05, 4.69) is 24.5 Å². The van der Waals surface area contributed by atoms with Crippen LogP contribution in [0.5, 0.6) is 0 Å². The molecule has 1 aromatic rings. The van der Waals surface area contributed by atoms with Crippen LogP contribution in [0.3, 0.4) is 0 Å². The van der Waals surface area contributed by atoms with Crippen LogP contribution in [0, 0.1) is 0 Å². The number of fused-ring (bicyclic) bond motifs is 1. The molecule has 25 heavy (non-hydrogen) atoms. The molecule has 0 spiro atoms. The van der Waals surface area contributed by atoms with Crippen molar-refractivity contribution in [1.29, 1.82) is 0 Å². The number of amides is 1. The smallest absolute Gasteiger partial charge is 0.248 e. The number of hydrogen-bond donors (Lipinski definition) is 3. The Morgan fingerprint density at radius 2 is 2.00 bits per heavy atom. The molecule has 6 heteroatoms. The molecular formula is C19H32ClN3O2. The Kier molecular flexibility index (Phi) is 8.35. The molecule has 0 saturated heterocycles. The van der Waals surface area contributed by atoms with Crippen molar-refractivity contribution in [2.75, 3.05) is 27.2 Å². The molecule has 142 valence electrons. The molecule has 2 atom stereocenters. The summed E-state index contributed by atoms with van der Waals surface area (Å²) in [7, 11) is 3.74. The Bertz CT molecular complexity index is 576. The molecule has 0 bridgehead atoms. The summed E-state index contributed by atoms with van der Waals surface area (Å²) < 4.78 is 5.85. The van der Waals surface area contributed by atoms with E-state index in [0.717, 1.165) is 32.4 Å². The molecule has 1 aliphatic rings. The van der Waals surface area contributed by atoms with Crippen LogP contribution in [0.1, 0.15) is 48.2 Å². The second-order valence-electron chi connectivity index (χ2n) is 6.61. The maximum atomic E-state index is 11.7. The SMILES string of the molecule is CCC1(CC)c2cc(C(N)=O)ccc2C[C@H](OC)[C@H]1NCCNC.Cl. The normalized spacial score (nSPS) is 21.3. The lowest BCUT2D eigenvalue weighted by Crippen LogP contribution is -2.59. The predicted octanol–water partition coefficient (Wildman–Crippen LogP) is 2.01. The molecule has 4 N–H and O–H groups in total. The summed E-state index contributed by atoms with van der Waals surface area (Å²) in [4.78, 5) is 11.7. The summed E-state index contributed by atoms with van der Waals surface area (Å²) in [6, 6.07) is 6.09. The third kappa shape index (κ3) is 4.17. The summed E-state index contributed by atoms with van der Waals surface area (Å²) in [5, 5.41) is 6.88. The summed E-state index contributed by atoms with van der Waals surface area (Å²) >= 11 is 0. The third-order valence-electron chi connectivity index (χ3n) is 5.62. The average molecular weight is 370 g/mol. The highest BCUT2D eigenvalue weighted by atomic mass is 35.5. The number of likely N-dealkylation sites (N-methyl/N-ethyl adjacent to an activating group) is 1. The van der Waals surface area contributed by atoms with Gasteiger partial charge in [0.2, 0.25) is 5.91 Å². The number of methoxy groups -OCH3 is 1. The van der Waals surface area contributed by atoms with Crippen LogP contribution in [0.2, 0.25) is 0 Å². The van der Waals surface area contributed by atoms with Gasteiger partial charge in [0.15, 0.2) is 0 Å². The minimum absolute atomic E-state index is 0. The molecule has 0 unspecified atom stereocenters. The maximum Gasteiger partial charge on any atom is 0.248 e. The Balaban J connectivity index is 0.00000312. The number of carbonyl (C=O) groups excluding carboxylic acids is 1. The number of hydrogen-bond acceptors (Lipinski definition) is 4. The third-order valence-corrected chi connectivity index (χ3v) is 5.62. The minimum atomic E-state index is -0.368. The topological polar surface area (TPSA) is 76.4 Å². The zero-order valence-corrected chi connectivity index (χ0v) is 16.5. The van der Waals surface area contributed by atoms with Gasteiger partial charge in [-0.1, -0.05) is 19.9 Å². The number of nitrogens with one attached hydrogen (secondary N) is 2. The largest absolute Gasteiger partial charge is 0.379 e. The molecule has 1 aliphatic carbocycles. The molecule has 0 saturated carbocycles. The number of ether oxygens (including phenoxy) is 1. The van der Waals surface area contributed by atoms with E-state index < -0.39 is 0 Å². The lowest BCUT2D eigenvalue weighted by molar-refractivity contribution is 0.0248.